The molecule has 0 aliphatic rings. The second-order valence-electron chi connectivity index (χ2n) is 1.99. The van der Waals surface area contributed by atoms with Gasteiger partial charge in [0.25, 0.3) is 0 Å². The van der Waals surface area contributed by atoms with Gasteiger partial charge in [0.1, 0.15) is 13.2 Å². The van der Waals surface area contributed by atoms with Crippen LogP contribution in [0.25, 0.3) is 0 Å². The number of hydrogen-bond acceptors (Lipinski definition) is 6. The molecule has 0 saturated heterocycles. The van der Waals surface area contributed by atoms with Crippen molar-refractivity contribution in [3.63, 3.8) is 0 Å². The summed E-state index contributed by atoms with van der Waals surface area (Å²) in [7, 11) is 0. The summed E-state index contributed by atoms with van der Waals surface area (Å²) >= 11 is 7.68. The lowest BCUT2D eigenvalue weighted by molar-refractivity contribution is -0.248. The monoisotopic (exact) mass is 198 g/mol. The summed E-state index contributed by atoms with van der Waals surface area (Å²) in [5, 5.41) is 7.85. The lowest BCUT2D eigenvalue weighted by Gasteiger charge is -2.13. The normalized spacial score (nSPS) is 11.3. The lowest BCUT2D eigenvalue weighted by Crippen LogP contribution is -2.26. The van der Waals surface area contributed by atoms with Crippen molar-refractivity contribution in [2.75, 3.05) is 13.2 Å². The average molecular weight is 198 g/mol. The third-order valence-corrected chi connectivity index (χ3v) is 1.16. The Bertz CT molecular complexity index is 131. The summed E-state index contributed by atoms with van der Waals surface area (Å²) in [5.41, 5.74) is 0. The quantitative estimate of drug-likeness (QED) is 0.155. The van der Waals surface area contributed by atoms with E-state index in [1.54, 1.807) is 0 Å². The number of ether oxygens (including phenoxy) is 1. The topological polar surface area (TPSA) is 55.8 Å². The van der Waals surface area contributed by atoms with Crippen molar-refractivity contribution in [3.05, 3.63) is 0 Å². The first-order valence-electron chi connectivity index (χ1n) is 2.87. The third-order valence-electron chi connectivity index (χ3n) is 0.794. The first-order valence-corrected chi connectivity index (χ1v) is 3.76. The van der Waals surface area contributed by atoms with Crippen LogP contribution in [0.4, 0.5) is 0 Å². The molecule has 0 spiro atoms. The predicted octanol–water partition coefficient (Wildman–Crippen LogP) is 0.595. The predicted molar refractivity (Wildman–Crippen MR) is 45.9 cm³/mol. The maximum Gasteiger partial charge on any atom is 0.331 e. The highest BCUT2D eigenvalue weighted by Crippen LogP contribution is 2.19. The molecule has 0 aliphatic heterocycles. The number of hydrogen-bond donors (Lipinski definition) is 3. The first kappa shape index (κ1) is 11.1. The van der Waals surface area contributed by atoms with Crippen molar-refractivity contribution in [2.24, 2.45) is 0 Å². The highest BCUT2D eigenvalue weighted by molar-refractivity contribution is 8.01. The van der Waals surface area contributed by atoms with Crippen molar-refractivity contribution in [1.82, 2.24) is 0 Å². The fourth-order valence-electron chi connectivity index (χ4n) is 0.308. The van der Waals surface area contributed by atoms with Gasteiger partial charge in [-0.1, -0.05) is 0 Å². The van der Waals surface area contributed by atoms with E-state index in [9.17, 15) is 4.79 Å². The second kappa shape index (κ2) is 4.87. The van der Waals surface area contributed by atoms with Crippen LogP contribution < -0.4 is 0 Å². The molecule has 0 radical (unpaired) electrons. The van der Waals surface area contributed by atoms with Gasteiger partial charge in [-0.25, -0.2) is 9.68 Å². The molecule has 0 unspecified atom stereocenters. The molecule has 0 bridgehead atoms. The van der Waals surface area contributed by atoms with Crippen LogP contribution in [-0.2, 0) is 14.4 Å². The summed E-state index contributed by atoms with van der Waals surface area (Å²) in [6, 6.07) is 0. The van der Waals surface area contributed by atoms with Gasteiger partial charge in [-0.05, 0) is 6.92 Å². The van der Waals surface area contributed by atoms with Crippen LogP contribution in [0.5, 0.6) is 0 Å². The molecule has 6 heteroatoms. The van der Waals surface area contributed by atoms with Gasteiger partial charge in [0, 0.05) is 0 Å². The molecule has 0 aromatic heterocycles. The molecule has 0 amide bonds. The Kier molecular flexibility index (Phi) is 4.91. The molecule has 0 aliphatic carbocycles. The molecule has 0 heterocycles. The van der Waals surface area contributed by atoms with Crippen LogP contribution >= 0.6 is 25.3 Å². The minimum absolute atomic E-state index is 0.00789. The van der Waals surface area contributed by atoms with Crippen molar-refractivity contribution < 1.29 is 19.7 Å². The zero-order chi connectivity index (χ0) is 8.91. The highest BCUT2D eigenvalue weighted by Gasteiger charge is 2.25. The summed E-state index contributed by atoms with van der Waals surface area (Å²) < 4.78 is 3.47. The Labute approximate surface area is 75.6 Å². The van der Waals surface area contributed by atoms with E-state index in [2.05, 4.69) is 34.9 Å². The molecule has 0 aromatic carbocycles. The minimum Gasteiger partial charge on any atom is -0.461 e. The summed E-state index contributed by atoms with van der Waals surface area (Å²) in [6.45, 7) is 1.43. The van der Waals surface area contributed by atoms with Crippen molar-refractivity contribution in [2.45, 2.75) is 11.0 Å². The van der Waals surface area contributed by atoms with Gasteiger partial charge in [0.15, 0.2) is 4.08 Å². The zero-order valence-electron chi connectivity index (χ0n) is 5.98. The second-order valence-corrected chi connectivity index (χ2v) is 4.13. The summed E-state index contributed by atoms with van der Waals surface area (Å²) in [6.07, 6.45) is 0. The van der Waals surface area contributed by atoms with Crippen molar-refractivity contribution in [3.8, 4) is 0 Å². The Morgan fingerprint density at radius 2 is 2.09 bits per heavy atom. The average Bonchev–Trinajstić information content (AvgIpc) is 1.86. The van der Waals surface area contributed by atoms with Gasteiger partial charge in [-0.2, -0.15) is 25.3 Å². The van der Waals surface area contributed by atoms with Gasteiger partial charge >= 0.3 is 5.97 Å². The number of carbonyl (C=O) groups is 1. The zero-order valence-corrected chi connectivity index (χ0v) is 7.77. The van der Waals surface area contributed by atoms with Crippen LogP contribution in [0.3, 0.4) is 0 Å². The van der Waals surface area contributed by atoms with E-state index >= 15 is 0 Å². The maximum atomic E-state index is 10.8. The largest absolute Gasteiger partial charge is 0.461 e. The molecule has 11 heavy (non-hydrogen) atoms. The Morgan fingerprint density at radius 1 is 1.55 bits per heavy atom. The van der Waals surface area contributed by atoms with Crippen molar-refractivity contribution >= 4 is 31.2 Å². The van der Waals surface area contributed by atoms with Gasteiger partial charge in [0.05, 0.1) is 0 Å². The van der Waals surface area contributed by atoms with E-state index in [0.29, 0.717) is 0 Å². The molecule has 0 atom stereocenters. The fourth-order valence-corrected chi connectivity index (χ4v) is 0.437. The molecular formula is C5H10O4S2. The van der Waals surface area contributed by atoms with Crippen molar-refractivity contribution in [1.29, 1.82) is 0 Å². The van der Waals surface area contributed by atoms with E-state index < -0.39 is 10.0 Å². The van der Waals surface area contributed by atoms with Crippen LogP contribution in [-0.4, -0.2) is 28.5 Å². The molecule has 1 N–H and O–H groups in total. The van der Waals surface area contributed by atoms with Gasteiger partial charge < -0.3 is 4.74 Å². The number of carbonyl (C=O) groups excluding carboxylic acids is 1. The molecule has 0 saturated carbocycles. The Balaban J connectivity index is 3.54. The molecule has 4 nitrogen and oxygen atoms in total. The summed E-state index contributed by atoms with van der Waals surface area (Å²) in [5.74, 6) is -0.568. The number of rotatable bonds is 4. The third kappa shape index (κ3) is 5.37. The van der Waals surface area contributed by atoms with Gasteiger partial charge in [-0.15, -0.1) is 0 Å². The Morgan fingerprint density at radius 3 is 2.45 bits per heavy atom. The molecule has 0 rings (SSSR count). The Hall–Kier alpha value is 0.0900. The molecule has 0 aromatic rings. The van der Waals surface area contributed by atoms with E-state index in [1.165, 1.54) is 6.92 Å². The van der Waals surface area contributed by atoms with E-state index in [1.807, 2.05) is 0 Å². The first-order chi connectivity index (χ1) is 4.98. The van der Waals surface area contributed by atoms with Crippen LogP contribution in [0.1, 0.15) is 6.92 Å². The maximum absolute atomic E-state index is 10.8. The van der Waals surface area contributed by atoms with E-state index in [-0.39, 0.29) is 13.2 Å². The molecule has 66 valence electrons. The number of esters is 1. The number of thiol groups is 2. The summed E-state index contributed by atoms with van der Waals surface area (Å²) in [4.78, 5) is 14.5. The van der Waals surface area contributed by atoms with Gasteiger partial charge in [0.2, 0.25) is 0 Å². The minimum atomic E-state index is -1.10. The SMILES string of the molecule is CC(S)(S)C(=O)OCCOO. The van der Waals surface area contributed by atoms with Gasteiger partial charge in [-0.3, -0.25) is 5.26 Å². The fraction of sp³-hybridized carbons (Fsp3) is 0.800. The van der Waals surface area contributed by atoms with Crippen LogP contribution in [0.2, 0.25) is 0 Å². The highest BCUT2D eigenvalue weighted by atomic mass is 32.2. The van der Waals surface area contributed by atoms with Crippen LogP contribution in [0, 0.1) is 0 Å². The molecule has 0 fully saturated rings. The smallest absolute Gasteiger partial charge is 0.331 e. The van der Waals surface area contributed by atoms with E-state index in [0.717, 1.165) is 0 Å². The lowest BCUT2D eigenvalue weighted by atomic mass is 10.5. The standard InChI is InChI=1S/C5H10O4S2/c1-5(10,11)4(6)8-2-3-9-7/h7,10-11H,2-3H2,1H3. The molecular weight excluding hydrogens is 188 g/mol. The van der Waals surface area contributed by atoms with E-state index in [4.69, 9.17) is 5.26 Å². The van der Waals surface area contributed by atoms with Crippen LogP contribution in [0.15, 0.2) is 0 Å².